The van der Waals surface area contributed by atoms with E-state index in [2.05, 4.69) is 29.5 Å². The molecule has 0 bridgehead atoms. The molecule has 8 nitrogen and oxygen atoms in total. The molecule has 3 heterocycles. The molecule has 3 aliphatic rings. The monoisotopic (exact) mass is 586 g/mol. The van der Waals surface area contributed by atoms with Crippen LogP contribution in [0.5, 0.6) is 0 Å². The first-order valence-electron chi connectivity index (χ1n) is 14.0. The first kappa shape index (κ1) is 28.2. The quantitative estimate of drug-likeness (QED) is 0.389. The molecule has 0 saturated carbocycles. The molecule has 2 aromatic carbocycles. The highest BCUT2D eigenvalue weighted by atomic mass is 35.5. The van der Waals surface area contributed by atoms with Crippen molar-refractivity contribution in [1.82, 2.24) is 20.2 Å². The Morgan fingerprint density at radius 1 is 1.14 bits per heavy atom. The maximum atomic E-state index is 15.2. The number of hydrogen-bond acceptors (Lipinski definition) is 7. The summed E-state index contributed by atoms with van der Waals surface area (Å²) in [6, 6.07) is 13.3. The lowest BCUT2D eigenvalue weighted by molar-refractivity contribution is 0.0674. The average molecular weight is 587 g/mol. The van der Waals surface area contributed by atoms with Crippen LogP contribution in [0.15, 0.2) is 77.2 Å². The third-order valence-electron chi connectivity index (χ3n) is 7.71. The van der Waals surface area contributed by atoms with Gasteiger partial charge in [-0.15, -0.1) is 0 Å². The molecule has 1 fully saturated rings. The van der Waals surface area contributed by atoms with E-state index in [4.69, 9.17) is 26.3 Å². The number of halogens is 2. The number of hydrogen-bond donors (Lipinski definition) is 2. The number of methoxy groups -OCH3 is 1. The number of carbonyl (C=O) groups excluding carboxylic acids is 1. The highest BCUT2D eigenvalue weighted by molar-refractivity contribution is 6.31. The lowest BCUT2D eigenvalue weighted by atomic mass is 9.89. The van der Waals surface area contributed by atoms with Crippen LogP contribution in [0.4, 0.5) is 16.0 Å². The van der Waals surface area contributed by atoms with Gasteiger partial charge < -0.3 is 20.3 Å². The van der Waals surface area contributed by atoms with Gasteiger partial charge in [0.05, 0.1) is 24.1 Å². The van der Waals surface area contributed by atoms with Crippen molar-refractivity contribution in [3.05, 3.63) is 93.9 Å². The summed E-state index contributed by atoms with van der Waals surface area (Å²) in [5, 5.41) is 7.23. The van der Waals surface area contributed by atoms with Crippen molar-refractivity contribution < 1.29 is 13.9 Å². The van der Waals surface area contributed by atoms with Crippen LogP contribution in [0, 0.1) is 0 Å². The summed E-state index contributed by atoms with van der Waals surface area (Å²) in [6.07, 6.45) is 5.03. The SMILES string of the molecule is COC1CC=CC(F)=C1C1=NCc2cnc(Nc3cccc(C(=O)N4CC(C)NC(C)C4)c3)nc2-c2ccc(Cl)cc21. The van der Waals surface area contributed by atoms with Gasteiger partial charge in [0.1, 0.15) is 5.83 Å². The zero-order valence-electron chi connectivity index (χ0n) is 23.7. The van der Waals surface area contributed by atoms with E-state index >= 15 is 4.39 Å². The van der Waals surface area contributed by atoms with Gasteiger partial charge in [-0.1, -0.05) is 29.8 Å². The van der Waals surface area contributed by atoms with Gasteiger partial charge in [0.15, 0.2) is 0 Å². The van der Waals surface area contributed by atoms with Gasteiger partial charge in [0.2, 0.25) is 5.95 Å². The predicted molar refractivity (Wildman–Crippen MR) is 163 cm³/mol. The molecule has 1 aromatic heterocycles. The average Bonchev–Trinajstić information content (AvgIpc) is 3.12. The molecule has 3 atom stereocenters. The summed E-state index contributed by atoms with van der Waals surface area (Å²) < 4.78 is 20.8. The van der Waals surface area contributed by atoms with E-state index in [1.807, 2.05) is 35.2 Å². The van der Waals surface area contributed by atoms with Gasteiger partial charge in [0, 0.05) is 77.0 Å². The fourth-order valence-electron chi connectivity index (χ4n) is 5.88. The number of aromatic nitrogens is 2. The van der Waals surface area contributed by atoms with Crippen LogP contribution in [0.3, 0.4) is 0 Å². The lowest BCUT2D eigenvalue weighted by Crippen LogP contribution is -2.55. The van der Waals surface area contributed by atoms with Gasteiger partial charge in [-0.3, -0.25) is 9.79 Å². The number of carbonyl (C=O) groups is 1. The second kappa shape index (κ2) is 11.8. The predicted octanol–water partition coefficient (Wildman–Crippen LogP) is 5.86. The Morgan fingerprint density at radius 3 is 2.74 bits per heavy atom. The number of anilines is 2. The first-order valence-corrected chi connectivity index (χ1v) is 14.4. The number of nitrogens with zero attached hydrogens (tertiary/aromatic N) is 4. The highest BCUT2D eigenvalue weighted by Gasteiger charge is 2.30. The van der Waals surface area contributed by atoms with Crippen molar-refractivity contribution in [3.63, 3.8) is 0 Å². The normalized spacial score (nSPS) is 21.8. The Hall–Kier alpha value is -3.92. The molecule has 3 unspecified atom stereocenters. The zero-order valence-corrected chi connectivity index (χ0v) is 24.5. The van der Waals surface area contributed by atoms with E-state index in [0.717, 1.165) is 11.1 Å². The van der Waals surface area contributed by atoms with E-state index in [1.165, 1.54) is 6.08 Å². The van der Waals surface area contributed by atoms with Crippen molar-refractivity contribution in [3.8, 4) is 11.3 Å². The Morgan fingerprint density at radius 2 is 1.95 bits per heavy atom. The van der Waals surface area contributed by atoms with Crippen LogP contribution in [0.1, 0.15) is 41.8 Å². The minimum Gasteiger partial charge on any atom is -0.376 e. The minimum atomic E-state index is -0.465. The Balaban J connectivity index is 1.32. The molecule has 1 saturated heterocycles. The Bertz CT molecular complexity index is 1630. The summed E-state index contributed by atoms with van der Waals surface area (Å²) in [4.78, 5) is 29.4. The number of piperazine rings is 1. The zero-order chi connectivity index (χ0) is 29.4. The molecule has 2 N–H and O–H groups in total. The number of benzene rings is 2. The third kappa shape index (κ3) is 5.60. The van der Waals surface area contributed by atoms with E-state index < -0.39 is 6.10 Å². The molecule has 6 rings (SSSR count). The maximum Gasteiger partial charge on any atom is 0.254 e. The van der Waals surface area contributed by atoms with Crippen LogP contribution in [-0.4, -0.2) is 64.9 Å². The lowest BCUT2D eigenvalue weighted by Gasteiger charge is -2.36. The molecule has 2 aliphatic heterocycles. The number of rotatable bonds is 5. The summed E-state index contributed by atoms with van der Waals surface area (Å²) >= 11 is 6.43. The van der Waals surface area contributed by atoms with Crippen LogP contribution in [0.2, 0.25) is 5.02 Å². The Kier molecular flexibility index (Phi) is 7.90. The molecule has 1 amide bonds. The maximum absolute atomic E-state index is 15.2. The fourth-order valence-corrected chi connectivity index (χ4v) is 6.06. The van der Waals surface area contributed by atoms with E-state index in [-0.39, 0.29) is 30.4 Å². The molecule has 0 spiro atoms. The largest absolute Gasteiger partial charge is 0.376 e. The second-order valence-electron chi connectivity index (χ2n) is 10.9. The van der Waals surface area contributed by atoms with E-state index in [0.29, 0.717) is 64.3 Å². The number of fused-ring (bicyclic) bond motifs is 3. The summed E-state index contributed by atoms with van der Waals surface area (Å²) in [7, 11) is 1.57. The van der Waals surface area contributed by atoms with Crippen molar-refractivity contribution >= 4 is 34.9 Å². The molecule has 0 radical (unpaired) electrons. The van der Waals surface area contributed by atoms with Crippen molar-refractivity contribution in [2.24, 2.45) is 4.99 Å². The molecular weight excluding hydrogens is 555 g/mol. The van der Waals surface area contributed by atoms with Crippen LogP contribution >= 0.6 is 11.6 Å². The fraction of sp³-hybridized carbons (Fsp3) is 0.312. The van der Waals surface area contributed by atoms with Gasteiger partial charge >= 0.3 is 0 Å². The second-order valence-corrected chi connectivity index (χ2v) is 11.4. The Labute approximate surface area is 249 Å². The van der Waals surface area contributed by atoms with Crippen molar-refractivity contribution in [1.29, 1.82) is 0 Å². The summed E-state index contributed by atoms with van der Waals surface area (Å²) in [6.45, 7) is 5.74. The van der Waals surface area contributed by atoms with E-state index in [1.54, 1.807) is 31.5 Å². The number of ether oxygens (including phenoxy) is 1. The summed E-state index contributed by atoms with van der Waals surface area (Å²) in [5.41, 5.74) is 5.12. The van der Waals surface area contributed by atoms with Gasteiger partial charge in [-0.05, 0) is 56.7 Å². The molecule has 3 aromatic rings. The molecule has 42 heavy (non-hydrogen) atoms. The smallest absolute Gasteiger partial charge is 0.254 e. The number of nitrogens with one attached hydrogen (secondary N) is 2. The topological polar surface area (TPSA) is 91.7 Å². The van der Waals surface area contributed by atoms with Gasteiger partial charge in [-0.2, -0.15) is 0 Å². The highest BCUT2D eigenvalue weighted by Crippen LogP contribution is 2.37. The van der Waals surface area contributed by atoms with Crippen molar-refractivity contribution in [2.45, 2.75) is 45.0 Å². The number of aliphatic imine (C=N–C) groups is 1. The van der Waals surface area contributed by atoms with Crippen molar-refractivity contribution in [2.75, 3.05) is 25.5 Å². The molecule has 1 aliphatic carbocycles. The van der Waals surface area contributed by atoms with Gasteiger partial charge in [-0.25, -0.2) is 14.4 Å². The van der Waals surface area contributed by atoms with Crippen LogP contribution < -0.4 is 10.6 Å². The van der Waals surface area contributed by atoms with E-state index in [9.17, 15) is 4.79 Å². The van der Waals surface area contributed by atoms with Gasteiger partial charge in [0.25, 0.3) is 5.91 Å². The summed E-state index contributed by atoms with van der Waals surface area (Å²) in [5.74, 6) is -0.0187. The van der Waals surface area contributed by atoms with Crippen LogP contribution in [-0.2, 0) is 11.3 Å². The molecular formula is C32H32ClFN6O2. The molecule has 216 valence electrons. The first-order chi connectivity index (χ1) is 20.3. The standard InChI is InChI=1S/C32H32ClFN6O2/c1-18-16-40(17-19(2)37-18)31(41)20-6-4-7-23(12-20)38-32-36-15-21-14-35-30(28-26(34)8-5-9-27(28)42-3)25-13-22(33)10-11-24(25)29(21)39-32/h4-8,10-13,15,18-19,27,37H,9,14,16-17H2,1-3H3,(H,36,38,39). The number of allylic oxidation sites excluding steroid dienone is 2. The van der Waals surface area contributed by atoms with Crippen LogP contribution in [0.25, 0.3) is 11.3 Å². The number of amides is 1. The minimum absolute atomic E-state index is 0.00867. The third-order valence-corrected chi connectivity index (χ3v) is 7.94. The molecule has 10 heteroatoms.